The summed E-state index contributed by atoms with van der Waals surface area (Å²) in [6.07, 6.45) is 4.79. The van der Waals surface area contributed by atoms with E-state index in [-0.39, 0.29) is 12.2 Å². The highest BCUT2D eigenvalue weighted by Gasteiger charge is 2.29. The highest BCUT2D eigenvalue weighted by atomic mass is 16.6. The molecule has 0 fully saturated rings. The number of hydrogen-bond acceptors (Lipinski definition) is 3. The van der Waals surface area contributed by atoms with Crippen molar-refractivity contribution in [2.24, 2.45) is 0 Å². The zero-order valence-corrected chi connectivity index (χ0v) is 21.1. The van der Waals surface area contributed by atoms with Gasteiger partial charge in [0, 0.05) is 0 Å². The van der Waals surface area contributed by atoms with E-state index in [1.807, 2.05) is 78.9 Å². The fourth-order valence-electron chi connectivity index (χ4n) is 4.00. The van der Waals surface area contributed by atoms with Crippen LogP contribution in [-0.4, -0.2) is 18.3 Å². The smallest absolute Gasteiger partial charge is 0.117 e. The summed E-state index contributed by atoms with van der Waals surface area (Å²) in [5.41, 5.74) is 4.38. The Morgan fingerprint density at radius 1 is 0.514 bits per heavy atom. The molecule has 3 nitrogen and oxygen atoms in total. The molecule has 0 N–H and O–H groups in total. The van der Waals surface area contributed by atoms with Gasteiger partial charge in [-0.1, -0.05) is 140 Å². The second-order valence-corrected chi connectivity index (χ2v) is 8.79. The molecule has 0 aliphatic rings. The van der Waals surface area contributed by atoms with Crippen LogP contribution in [0.25, 0.3) is 6.08 Å². The standard InChI is InChI=1S/C34H34O3/c1-2-32(35-25-29-17-9-4-10-18-29)34(37-27-31-21-13-6-14-22-31)33(24-23-28-15-7-3-8-16-28)36-26-30-19-11-5-12-20-30/h2-24,32-34H,1,25-27H2/t32-,33-,34+/m1/s1. The number of rotatable bonds is 14. The predicted molar refractivity (Wildman–Crippen MR) is 151 cm³/mol. The third kappa shape index (κ3) is 8.69. The van der Waals surface area contributed by atoms with Crippen LogP contribution in [-0.2, 0) is 34.0 Å². The Labute approximate surface area is 220 Å². The maximum atomic E-state index is 6.54. The predicted octanol–water partition coefficient (Wildman–Crippen LogP) is 7.64. The lowest BCUT2D eigenvalue weighted by atomic mass is 10.0. The second-order valence-electron chi connectivity index (χ2n) is 8.79. The first-order chi connectivity index (χ1) is 18.3. The van der Waals surface area contributed by atoms with Crippen molar-refractivity contribution in [1.29, 1.82) is 0 Å². The highest BCUT2D eigenvalue weighted by Crippen LogP contribution is 2.21. The summed E-state index contributed by atoms with van der Waals surface area (Å²) in [7, 11) is 0. The molecule has 0 unspecified atom stereocenters. The van der Waals surface area contributed by atoms with Gasteiger partial charge < -0.3 is 14.2 Å². The second kappa shape index (κ2) is 14.7. The fourth-order valence-corrected chi connectivity index (χ4v) is 4.00. The number of ether oxygens (including phenoxy) is 3. The summed E-state index contributed by atoms with van der Waals surface area (Å²) in [4.78, 5) is 0. The minimum Gasteiger partial charge on any atom is -0.367 e. The first-order valence-corrected chi connectivity index (χ1v) is 12.6. The monoisotopic (exact) mass is 490 g/mol. The molecule has 0 spiro atoms. The molecule has 0 aliphatic carbocycles. The molecule has 188 valence electrons. The molecule has 0 aliphatic heterocycles. The molecule has 37 heavy (non-hydrogen) atoms. The highest BCUT2D eigenvalue weighted by molar-refractivity contribution is 5.49. The van der Waals surface area contributed by atoms with Crippen molar-refractivity contribution >= 4 is 6.08 Å². The van der Waals surface area contributed by atoms with E-state index in [4.69, 9.17) is 14.2 Å². The quantitative estimate of drug-likeness (QED) is 0.170. The third-order valence-corrected chi connectivity index (χ3v) is 6.01. The van der Waals surface area contributed by atoms with Gasteiger partial charge in [-0.25, -0.2) is 0 Å². The van der Waals surface area contributed by atoms with Gasteiger partial charge in [0.1, 0.15) is 18.3 Å². The molecule has 0 amide bonds. The molecule has 4 aromatic carbocycles. The van der Waals surface area contributed by atoms with Crippen molar-refractivity contribution in [3.8, 4) is 0 Å². The summed E-state index contributed by atoms with van der Waals surface area (Å²) in [6, 6.07) is 40.7. The molecule has 0 radical (unpaired) electrons. The minimum atomic E-state index is -0.412. The van der Waals surface area contributed by atoms with E-state index in [2.05, 4.69) is 67.3 Å². The molecule has 4 aromatic rings. The molecule has 4 rings (SSSR count). The molecule has 3 heteroatoms. The first kappa shape index (κ1) is 26.3. The Hall–Kier alpha value is -3.76. The van der Waals surface area contributed by atoms with Crippen LogP contribution in [0.2, 0.25) is 0 Å². The van der Waals surface area contributed by atoms with Gasteiger partial charge in [-0.2, -0.15) is 0 Å². The lowest BCUT2D eigenvalue weighted by Crippen LogP contribution is -2.40. The van der Waals surface area contributed by atoms with E-state index in [9.17, 15) is 0 Å². The Morgan fingerprint density at radius 2 is 0.919 bits per heavy atom. The van der Waals surface area contributed by atoms with E-state index in [1.165, 1.54) is 0 Å². The maximum absolute atomic E-state index is 6.54. The van der Waals surface area contributed by atoms with Crippen molar-refractivity contribution in [1.82, 2.24) is 0 Å². The number of hydrogen-bond donors (Lipinski definition) is 0. The lowest BCUT2D eigenvalue weighted by molar-refractivity contribution is -0.123. The molecular formula is C34H34O3. The summed E-state index contributed by atoms with van der Waals surface area (Å²) in [5, 5.41) is 0. The van der Waals surface area contributed by atoms with Gasteiger partial charge in [0.15, 0.2) is 0 Å². The largest absolute Gasteiger partial charge is 0.367 e. The van der Waals surface area contributed by atoms with Gasteiger partial charge in [0.25, 0.3) is 0 Å². The molecule has 0 saturated heterocycles. The van der Waals surface area contributed by atoms with E-state index >= 15 is 0 Å². The lowest BCUT2D eigenvalue weighted by Gasteiger charge is -2.31. The normalized spacial score (nSPS) is 13.7. The topological polar surface area (TPSA) is 27.7 Å². The van der Waals surface area contributed by atoms with Gasteiger partial charge in [0.05, 0.1) is 19.8 Å². The van der Waals surface area contributed by atoms with Crippen molar-refractivity contribution in [2.75, 3.05) is 0 Å². The van der Waals surface area contributed by atoms with Gasteiger partial charge >= 0.3 is 0 Å². The van der Waals surface area contributed by atoms with Crippen LogP contribution in [0.1, 0.15) is 22.3 Å². The summed E-state index contributed by atoms with van der Waals surface area (Å²) in [6.45, 7) is 5.43. The SMILES string of the molecule is C=C[C@@H](OCc1ccccc1)[C@H](OCc1ccccc1)[C@@H](C=Cc1ccccc1)OCc1ccccc1. The van der Waals surface area contributed by atoms with E-state index in [0.29, 0.717) is 19.8 Å². The van der Waals surface area contributed by atoms with E-state index in [0.717, 1.165) is 22.3 Å². The number of benzene rings is 4. The molecule has 3 atom stereocenters. The third-order valence-electron chi connectivity index (χ3n) is 6.01. The van der Waals surface area contributed by atoms with Crippen molar-refractivity contribution < 1.29 is 14.2 Å². The van der Waals surface area contributed by atoms with Crippen LogP contribution in [0.3, 0.4) is 0 Å². The zero-order chi connectivity index (χ0) is 25.5. The van der Waals surface area contributed by atoms with Gasteiger partial charge in [-0.3, -0.25) is 0 Å². The van der Waals surface area contributed by atoms with Gasteiger partial charge in [0.2, 0.25) is 0 Å². The molecule has 0 saturated carbocycles. The Morgan fingerprint density at radius 3 is 1.38 bits per heavy atom. The van der Waals surface area contributed by atoms with E-state index in [1.54, 1.807) is 0 Å². The van der Waals surface area contributed by atoms with E-state index < -0.39 is 6.10 Å². The first-order valence-electron chi connectivity index (χ1n) is 12.6. The van der Waals surface area contributed by atoms with Crippen molar-refractivity contribution in [2.45, 2.75) is 38.1 Å². The van der Waals surface area contributed by atoms with Crippen LogP contribution in [0, 0.1) is 0 Å². The van der Waals surface area contributed by atoms with Crippen molar-refractivity contribution in [3.05, 3.63) is 162 Å². The van der Waals surface area contributed by atoms with Gasteiger partial charge in [-0.15, -0.1) is 6.58 Å². The zero-order valence-electron chi connectivity index (χ0n) is 21.1. The van der Waals surface area contributed by atoms with Crippen LogP contribution in [0.15, 0.2) is 140 Å². The summed E-state index contributed by atoms with van der Waals surface area (Å²) < 4.78 is 19.4. The molecule has 0 heterocycles. The maximum Gasteiger partial charge on any atom is 0.117 e. The van der Waals surface area contributed by atoms with Crippen LogP contribution >= 0.6 is 0 Å². The minimum absolute atomic E-state index is 0.372. The molecular weight excluding hydrogens is 456 g/mol. The average molecular weight is 491 g/mol. The Bertz CT molecular complexity index is 1190. The van der Waals surface area contributed by atoms with Crippen LogP contribution in [0.5, 0.6) is 0 Å². The summed E-state index contributed by atoms with van der Waals surface area (Å²) in [5.74, 6) is 0. The average Bonchev–Trinajstić information content (AvgIpc) is 2.97. The van der Waals surface area contributed by atoms with Gasteiger partial charge in [-0.05, 0) is 22.3 Å². The molecule has 0 aromatic heterocycles. The van der Waals surface area contributed by atoms with Crippen LogP contribution < -0.4 is 0 Å². The Balaban J connectivity index is 1.59. The molecule has 0 bridgehead atoms. The Kier molecular flexibility index (Phi) is 10.5. The fraction of sp³-hybridized carbons (Fsp3) is 0.176. The van der Waals surface area contributed by atoms with Crippen LogP contribution in [0.4, 0.5) is 0 Å². The summed E-state index contributed by atoms with van der Waals surface area (Å²) >= 11 is 0. The van der Waals surface area contributed by atoms with Crippen molar-refractivity contribution in [3.63, 3.8) is 0 Å².